The lowest BCUT2D eigenvalue weighted by Crippen LogP contribution is -2.14. The third-order valence-corrected chi connectivity index (χ3v) is 2.16. The summed E-state index contributed by atoms with van der Waals surface area (Å²) in [4.78, 5) is 0. The van der Waals surface area contributed by atoms with Crippen molar-refractivity contribution in [2.24, 2.45) is 0 Å². The Morgan fingerprint density at radius 2 is 1.85 bits per heavy atom. The first-order chi connectivity index (χ1) is 5.84. The SMILES string of the molecule is Cc1nnn(C(C)C)c1C(Cl)(Cl)Cl. The Kier molecular flexibility index (Phi) is 3.10. The van der Waals surface area contributed by atoms with Gasteiger partial charge in [-0.1, -0.05) is 40.0 Å². The Labute approximate surface area is 92.0 Å². The second kappa shape index (κ2) is 3.64. The van der Waals surface area contributed by atoms with Gasteiger partial charge >= 0.3 is 0 Å². The summed E-state index contributed by atoms with van der Waals surface area (Å²) in [6, 6.07) is 0.131. The zero-order valence-electron chi connectivity index (χ0n) is 7.55. The molecule has 1 heterocycles. The highest BCUT2D eigenvalue weighted by Gasteiger charge is 2.31. The number of nitrogens with zero attached hydrogens (tertiary/aromatic N) is 3. The monoisotopic (exact) mass is 241 g/mol. The highest BCUT2D eigenvalue weighted by atomic mass is 35.6. The van der Waals surface area contributed by atoms with Crippen molar-refractivity contribution in [1.29, 1.82) is 0 Å². The lowest BCUT2D eigenvalue weighted by molar-refractivity contribution is 0.496. The van der Waals surface area contributed by atoms with E-state index in [2.05, 4.69) is 10.3 Å². The molecule has 0 saturated carbocycles. The molecule has 0 saturated heterocycles. The van der Waals surface area contributed by atoms with Crippen molar-refractivity contribution in [2.75, 3.05) is 0 Å². The molecule has 74 valence electrons. The minimum Gasteiger partial charge on any atom is -0.242 e. The quantitative estimate of drug-likeness (QED) is 0.709. The Hall–Kier alpha value is 0.01000. The number of aromatic nitrogens is 3. The van der Waals surface area contributed by atoms with E-state index in [0.717, 1.165) is 0 Å². The molecule has 0 radical (unpaired) electrons. The van der Waals surface area contributed by atoms with Gasteiger partial charge in [0.1, 0.15) is 5.69 Å². The Bertz CT molecular complexity index is 300. The predicted octanol–water partition coefficient (Wildman–Crippen LogP) is 2.99. The molecule has 0 atom stereocenters. The van der Waals surface area contributed by atoms with Gasteiger partial charge in [0.15, 0.2) is 0 Å². The van der Waals surface area contributed by atoms with Crippen molar-refractivity contribution in [2.45, 2.75) is 30.6 Å². The maximum Gasteiger partial charge on any atom is 0.234 e. The third-order valence-electron chi connectivity index (χ3n) is 1.62. The fourth-order valence-corrected chi connectivity index (χ4v) is 1.74. The van der Waals surface area contributed by atoms with Crippen LogP contribution in [0.1, 0.15) is 31.3 Å². The Morgan fingerprint density at radius 1 is 1.31 bits per heavy atom. The smallest absolute Gasteiger partial charge is 0.234 e. The molecule has 0 spiro atoms. The average molecular weight is 243 g/mol. The number of hydrogen-bond donors (Lipinski definition) is 0. The summed E-state index contributed by atoms with van der Waals surface area (Å²) in [6.45, 7) is 5.67. The van der Waals surface area contributed by atoms with E-state index in [1.54, 1.807) is 11.6 Å². The molecule has 0 aromatic carbocycles. The highest BCUT2D eigenvalue weighted by Crippen LogP contribution is 2.39. The van der Waals surface area contributed by atoms with Gasteiger partial charge in [-0.3, -0.25) is 0 Å². The third kappa shape index (κ3) is 2.27. The minimum atomic E-state index is -1.46. The predicted molar refractivity (Wildman–Crippen MR) is 54.4 cm³/mol. The van der Waals surface area contributed by atoms with Gasteiger partial charge in [-0.15, -0.1) is 5.10 Å². The van der Waals surface area contributed by atoms with Gasteiger partial charge in [0.2, 0.25) is 3.79 Å². The van der Waals surface area contributed by atoms with Gasteiger partial charge < -0.3 is 0 Å². The summed E-state index contributed by atoms with van der Waals surface area (Å²) >= 11 is 17.4. The van der Waals surface area contributed by atoms with Gasteiger partial charge in [0.05, 0.1) is 5.69 Å². The van der Waals surface area contributed by atoms with E-state index in [1.807, 2.05) is 13.8 Å². The van der Waals surface area contributed by atoms with Crippen LogP contribution in [0, 0.1) is 6.92 Å². The molecule has 1 aromatic heterocycles. The first-order valence-electron chi connectivity index (χ1n) is 3.83. The van der Waals surface area contributed by atoms with Crippen molar-refractivity contribution in [3.63, 3.8) is 0 Å². The van der Waals surface area contributed by atoms with Crippen molar-refractivity contribution in [3.05, 3.63) is 11.4 Å². The average Bonchev–Trinajstić information content (AvgIpc) is 2.28. The van der Waals surface area contributed by atoms with Crippen molar-refractivity contribution >= 4 is 34.8 Å². The molecule has 6 heteroatoms. The van der Waals surface area contributed by atoms with E-state index in [-0.39, 0.29) is 6.04 Å². The first kappa shape index (κ1) is 11.1. The molecule has 0 N–H and O–H groups in total. The van der Waals surface area contributed by atoms with Gasteiger partial charge in [0, 0.05) is 6.04 Å². The Morgan fingerprint density at radius 3 is 2.15 bits per heavy atom. The molecule has 0 aliphatic heterocycles. The summed E-state index contributed by atoms with van der Waals surface area (Å²) < 4.78 is 0.153. The maximum atomic E-state index is 5.78. The van der Waals surface area contributed by atoms with Crippen LogP contribution in [-0.4, -0.2) is 15.0 Å². The van der Waals surface area contributed by atoms with E-state index < -0.39 is 3.79 Å². The number of rotatable bonds is 1. The van der Waals surface area contributed by atoms with Crippen LogP contribution < -0.4 is 0 Å². The van der Waals surface area contributed by atoms with Gasteiger partial charge in [0.25, 0.3) is 0 Å². The topological polar surface area (TPSA) is 30.7 Å². The minimum absolute atomic E-state index is 0.131. The van der Waals surface area contributed by atoms with Crippen LogP contribution in [0.3, 0.4) is 0 Å². The second-order valence-corrected chi connectivity index (χ2v) is 5.34. The van der Waals surface area contributed by atoms with Gasteiger partial charge in [-0.25, -0.2) is 4.68 Å². The molecule has 1 rings (SSSR count). The summed E-state index contributed by atoms with van der Waals surface area (Å²) in [5, 5.41) is 7.76. The number of hydrogen-bond acceptors (Lipinski definition) is 2. The summed E-state index contributed by atoms with van der Waals surface area (Å²) in [5.74, 6) is 0. The summed E-state index contributed by atoms with van der Waals surface area (Å²) in [6.07, 6.45) is 0. The standard InChI is InChI=1S/C7H10Cl3N3/c1-4(2)13-6(7(8,9)10)5(3)11-12-13/h4H,1-3H3. The number of alkyl halides is 3. The summed E-state index contributed by atoms with van der Waals surface area (Å²) in [7, 11) is 0. The van der Waals surface area contributed by atoms with Crippen LogP contribution in [0.25, 0.3) is 0 Å². The van der Waals surface area contributed by atoms with Gasteiger partial charge in [-0.2, -0.15) is 0 Å². The molecule has 0 bridgehead atoms. The molecule has 0 aliphatic carbocycles. The van der Waals surface area contributed by atoms with Crippen LogP contribution in [0.15, 0.2) is 0 Å². The first-order valence-corrected chi connectivity index (χ1v) is 4.96. The van der Waals surface area contributed by atoms with Crippen LogP contribution in [-0.2, 0) is 3.79 Å². The van der Waals surface area contributed by atoms with E-state index in [9.17, 15) is 0 Å². The second-order valence-electron chi connectivity index (χ2n) is 3.06. The van der Waals surface area contributed by atoms with Crippen LogP contribution in [0.4, 0.5) is 0 Å². The molecule has 3 nitrogen and oxygen atoms in total. The van der Waals surface area contributed by atoms with Gasteiger partial charge in [-0.05, 0) is 20.8 Å². The highest BCUT2D eigenvalue weighted by molar-refractivity contribution is 6.66. The van der Waals surface area contributed by atoms with Crippen LogP contribution in [0.5, 0.6) is 0 Å². The van der Waals surface area contributed by atoms with E-state index in [1.165, 1.54) is 0 Å². The number of aryl methyl sites for hydroxylation is 1. The lowest BCUT2D eigenvalue weighted by atomic mass is 10.3. The summed E-state index contributed by atoms with van der Waals surface area (Å²) in [5.41, 5.74) is 1.18. The van der Waals surface area contributed by atoms with Crippen molar-refractivity contribution < 1.29 is 0 Å². The normalized spacial score (nSPS) is 12.5. The molecule has 13 heavy (non-hydrogen) atoms. The van der Waals surface area contributed by atoms with Crippen LogP contribution in [0.2, 0.25) is 0 Å². The van der Waals surface area contributed by atoms with E-state index in [4.69, 9.17) is 34.8 Å². The van der Waals surface area contributed by atoms with E-state index in [0.29, 0.717) is 11.4 Å². The number of halogens is 3. The lowest BCUT2D eigenvalue weighted by Gasteiger charge is -2.15. The molecule has 0 fully saturated rings. The molecule has 0 aliphatic rings. The van der Waals surface area contributed by atoms with Crippen LogP contribution >= 0.6 is 34.8 Å². The maximum absolute atomic E-state index is 5.78. The van der Waals surface area contributed by atoms with Crippen molar-refractivity contribution in [1.82, 2.24) is 15.0 Å². The molecule has 0 unspecified atom stereocenters. The van der Waals surface area contributed by atoms with E-state index >= 15 is 0 Å². The zero-order chi connectivity index (χ0) is 10.2. The largest absolute Gasteiger partial charge is 0.242 e. The van der Waals surface area contributed by atoms with Crippen molar-refractivity contribution in [3.8, 4) is 0 Å². The fourth-order valence-electron chi connectivity index (χ4n) is 1.07. The molecule has 1 aromatic rings. The fraction of sp³-hybridized carbons (Fsp3) is 0.714. The molecular formula is C7H10Cl3N3. The Balaban J connectivity index is 3.25. The zero-order valence-corrected chi connectivity index (χ0v) is 9.82. The molecule has 0 amide bonds. The molecular weight excluding hydrogens is 232 g/mol.